The monoisotopic (exact) mass is 337 g/mol. The van der Waals surface area contributed by atoms with Crippen molar-refractivity contribution in [2.24, 2.45) is 0 Å². The van der Waals surface area contributed by atoms with Crippen LogP contribution in [-0.2, 0) is 22.1 Å². The van der Waals surface area contributed by atoms with Crippen LogP contribution < -0.4 is 4.74 Å². The Morgan fingerprint density at radius 3 is 2.61 bits per heavy atom. The van der Waals surface area contributed by atoms with Crippen molar-refractivity contribution in [3.8, 4) is 5.88 Å². The Morgan fingerprint density at radius 1 is 1.22 bits per heavy atom. The Balaban J connectivity index is 2.37. The van der Waals surface area contributed by atoms with Gasteiger partial charge in [0, 0.05) is 18.3 Å². The summed E-state index contributed by atoms with van der Waals surface area (Å²) in [4.78, 5) is 8.47. The van der Waals surface area contributed by atoms with Crippen LogP contribution in [0, 0.1) is 13.8 Å². The molecule has 2 heterocycles. The largest absolute Gasteiger partial charge is 0.481 e. The first-order valence-corrected chi connectivity index (χ1v) is 9.30. The molecule has 0 saturated carbocycles. The number of hydrogen-bond acceptors (Lipinski definition) is 5. The van der Waals surface area contributed by atoms with Gasteiger partial charge in [0.2, 0.25) is 20.9 Å². The number of hydrogen-bond donors (Lipinski definition) is 0. The third-order valence-electron chi connectivity index (χ3n) is 3.76. The van der Waals surface area contributed by atoms with Crippen LogP contribution in [0.4, 0.5) is 0 Å². The first kappa shape index (κ1) is 17.5. The van der Waals surface area contributed by atoms with Gasteiger partial charge in [-0.2, -0.15) is 0 Å². The molecule has 0 bridgehead atoms. The molecule has 0 fully saturated rings. The van der Waals surface area contributed by atoms with Gasteiger partial charge in [-0.1, -0.05) is 19.4 Å². The number of imidazole rings is 1. The average Bonchev–Trinajstić information content (AvgIpc) is 2.81. The van der Waals surface area contributed by atoms with E-state index in [2.05, 4.69) is 16.9 Å². The van der Waals surface area contributed by atoms with Crippen LogP contribution in [0.3, 0.4) is 0 Å². The van der Waals surface area contributed by atoms with E-state index >= 15 is 0 Å². The highest BCUT2D eigenvalue weighted by molar-refractivity contribution is 7.90. The topological polar surface area (TPSA) is 74.1 Å². The predicted molar refractivity (Wildman–Crippen MR) is 88.3 cm³/mol. The smallest absolute Gasteiger partial charge is 0.228 e. The van der Waals surface area contributed by atoms with Gasteiger partial charge < -0.3 is 9.30 Å². The number of nitrogens with zero attached hydrogens (tertiary/aromatic N) is 3. The lowest BCUT2D eigenvalue weighted by molar-refractivity contribution is 0.396. The van der Waals surface area contributed by atoms with Gasteiger partial charge in [-0.05, 0) is 26.3 Å². The molecule has 2 rings (SSSR count). The average molecular weight is 337 g/mol. The van der Waals surface area contributed by atoms with Gasteiger partial charge in [0.15, 0.2) is 0 Å². The number of aromatic nitrogens is 3. The highest BCUT2D eigenvalue weighted by Gasteiger charge is 2.25. The molecule has 0 spiro atoms. The molecule has 0 aliphatic rings. The number of pyridine rings is 1. The molecular weight excluding hydrogens is 314 g/mol. The Labute approximate surface area is 137 Å². The van der Waals surface area contributed by atoms with E-state index < -0.39 is 9.84 Å². The molecule has 0 amide bonds. The fourth-order valence-electron chi connectivity index (χ4n) is 2.35. The second-order valence-electron chi connectivity index (χ2n) is 5.50. The molecule has 0 N–H and O–H groups in total. The Hall–Kier alpha value is -1.89. The highest BCUT2D eigenvalue weighted by Crippen LogP contribution is 2.20. The van der Waals surface area contributed by atoms with Crippen LogP contribution in [0.25, 0.3) is 0 Å². The SMILES string of the molecule is CCCCn1c(S(=O)(=O)Cc2cccc(OC)n2)nc(C)c1C. The van der Waals surface area contributed by atoms with Crippen molar-refractivity contribution in [3.05, 3.63) is 35.3 Å². The van der Waals surface area contributed by atoms with Crippen LogP contribution >= 0.6 is 0 Å². The molecule has 0 saturated heterocycles. The standard InChI is InChI=1S/C16H23N3O3S/c1-5-6-10-19-13(3)12(2)17-16(19)23(20,21)11-14-8-7-9-15(18-14)22-4/h7-9H,5-6,10-11H2,1-4H3. The molecule has 6 nitrogen and oxygen atoms in total. The first-order valence-electron chi connectivity index (χ1n) is 7.65. The molecule has 0 radical (unpaired) electrons. The maximum Gasteiger partial charge on any atom is 0.228 e. The summed E-state index contributed by atoms with van der Waals surface area (Å²) in [7, 11) is -2.06. The maximum atomic E-state index is 12.8. The van der Waals surface area contributed by atoms with Crippen LogP contribution in [0.2, 0.25) is 0 Å². The lowest BCUT2D eigenvalue weighted by Crippen LogP contribution is -2.15. The zero-order valence-corrected chi connectivity index (χ0v) is 14.9. The number of sulfone groups is 1. The van der Waals surface area contributed by atoms with Crippen LogP contribution in [-0.4, -0.2) is 30.1 Å². The number of ether oxygens (including phenoxy) is 1. The summed E-state index contributed by atoms with van der Waals surface area (Å²) < 4.78 is 32.4. The summed E-state index contributed by atoms with van der Waals surface area (Å²) in [6, 6.07) is 5.10. The van der Waals surface area contributed by atoms with Crippen molar-refractivity contribution in [2.45, 2.75) is 51.1 Å². The van der Waals surface area contributed by atoms with Crippen molar-refractivity contribution >= 4 is 9.84 Å². The molecule has 23 heavy (non-hydrogen) atoms. The second kappa shape index (κ2) is 7.12. The quantitative estimate of drug-likeness (QED) is 0.776. The van der Waals surface area contributed by atoms with E-state index in [1.807, 2.05) is 13.8 Å². The van der Waals surface area contributed by atoms with Gasteiger partial charge in [-0.15, -0.1) is 0 Å². The predicted octanol–water partition coefficient (Wildman–Crippen LogP) is 2.68. The number of aryl methyl sites for hydroxylation is 1. The molecule has 0 atom stereocenters. The van der Waals surface area contributed by atoms with E-state index in [1.54, 1.807) is 22.8 Å². The summed E-state index contributed by atoms with van der Waals surface area (Å²) in [6.45, 7) is 6.47. The zero-order chi connectivity index (χ0) is 17.0. The van der Waals surface area contributed by atoms with Crippen LogP contribution in [0.5, 0.6) is 5.88 Å². The summed E-state index contributed by atoms with van der Waals surface area (Å²) in [6.07, 6.45) is 1.91. The Kier molecular flexibility index (Phi) is 5.41. The van der Waals surface area contributed by atoms with Gasteiger partial charge in [0.25, 0.3) is 0 Å². The van der Waals surface area contributed by atoms with Gasteiger partial charge >= 0.3 is 0 Å². The van der Waals surface area contributed by atoms with Crippen LogP contribution in [0.1, 0.15) is 36.8 Å². The highest BCUT2D eigenvalue weighted by atomic mass is 32.2. The molecule has 0 aromatic carbocycles. The lowest BCUT2D eigenvalue weighted by Gasteiger charge is -2.10. The molecule has 2 aromatic rings. The fraction of sp³-hybridized carbons (Fsp3) is 0.500. The third kappa shape index (κ3) is 3.90. The minimum absolute atomic E-state index is 0.130. The second-order valence-corrected chi connectivity index (χ2v) is 7.38. The number of unbranched alkanes of at least 4 members (excludes halogenated alkanes) is 1. The van der Waals surface area contributed by atoms with Crippen molar-refractivity contribution < 1.29 is 13.2 Å². The first-order chi connectivity index (χ1) is 10.9. The van der Waals surface area contributed by atoms with Crippen molar-refractivity contribution in [1.82, 2.24) is 14.5 Å². The van der Waals surface area contributed by atoms with E-state index in [-0.39, 0.29) is 10.9 Å². The summed E-state index contributed by atoms with van der Waals surface area (Å²) in [5.41, 5.74) is 2.10. The summed E-state index contributed by atoms with van der Waals surface area (Å²) in [5.74, 6) is 0.214. The maximum absolute atomic E-state index is 12.8. The molecule has 0 aliphatic carbocycles. The summed E-state index contributed by atoms with van der Waals surface area (Å²) >= 11 is 0. The zero-order valence-electron chi connectivity index (χ0n) is 14.0. The minimum atomic E-state index is -3.57. The van der Waals surface area contributed by atoms with Gasteiger partial charge in [-0.3, -0.25) is 0 Å². The molecule has 126 valence electrons. The van der Waals surface area contributed by atoms with Crippen LogP contribution in [0.15, 0.2) is 23.4 Å². The third-order valence-corrected chi connectivity index (χ3v) is 5.31. The Bertz CT molecular complexity index is 782. The van der Waals surface area contributed by atoms with E-state index in [1.165, 1.54) is 7.11 Å². The molecular formula is C16H23N3O3S. The van der Waals surface area contributed by atoms with Gasteiger partial charge in [-0.25, -0.2) is 18.4 Å². The lowest BCUT2D eigenvalue weighted by atomic mass is 10.3. The van der Waals surface area contributed by atoms with E-state index in [0.29, 0.717) is 18.1 Å². The van der Waals surface area contributed by atoms with E-state index in [4.69, 9.17) is 4.74 Å². The molecule has 7 heteroatoms. The van der Waals surface area contributed by atoms with E-state index in [9.17, 15) is 8.42 Å². The minimum Gasteiger partial charge on any atom is -0.481 e. The molecule has 0 unspecified atom stereocenters. The summed E-state index contributed by atoms with van der Waals surface area (Å²) in [5, 5.41) is 0.130. The fourth-order valence-corrected chi connectivity index (χ4v) is 3.87. The number of rotatable bonds is 7. The van der Waals surface area contributed by atoms with Gasteiger partial charge in [0.1, 0.15) is 5.75 Å². The van der Waals surface area contributed by atoms with E-state index in [0.717, 1.165) is 24.2 Å². The van der Waals surface area contributed by atoms with Gasteiger partial charge in [0.05, 0.1) is 18.5 Å². The normalized spacial score (nSPS) is 11.7. The number of methoxy groups -OCH3 is 1. The molecule has 2 aromatic heterocycles. The van der Waals surface area contributed by atoms with Crippen molar-refractivity contribution in [1.29, 1.82) is 0 Å². The Morgan fingerprint density at radius 2 is 1.96 bits per heavy atom. The van der Waals surface area contributed by atoms with Crippen molar-refractivity contribution in [3.63, 3.8) is 0 Å². The van der Waals surface area contributed by atoms with Crippen molar-refractivity contribution in [2.75, 3.05) is 7.11 Å². The molecule has 0 aliphatic heterocycles.